The molecule has 0 radical (unpaired) electrons. The van der Waals surface area contributed by atoms with Crippen LogP contribution in [0, 0.1) is 0 Å². The molecule has 4 heteroatoms. The van der Waals surface area contributed by atoms with Crippen LogP contribution in [0.4, 0.5) is 0 Å². The van der Waals surface area contributed by atoms with Crippen LogP contribution in [0.15, 0.2) is 0 Å². The van der Waals surface area contributed by atoms with Gasteiger partial charge >= 0.3 is 0 Å². The van der Waals surface area contributed by atoms with Crippen LogP contribution in [0.25, 0.3) is 0 Å². The lowest BCUT2D eigenvalue weighted by atomic mass is 10.1. The zero-order chi connectivity index (χ0) is 17.4. The average Bonchev–Trinajstić information content (AvgIpc) is 2.48. The lowest BCUT2D eigenvalue weighted by Crippen LogP contribution is -2.37. The number of hydrogen-bond donors (Lipinski definition) is 0. The highest BCUT2D eigenvalue weighted by atomic mass is 31.1. The molecule has 0 aliphatic rings. The van der Waals surface area contributed by atoms with Crippen LogP contribution in [0.1, 0.15) is 84.0 Å². The fourth-order valence-electron chi connectivity index (χ4n) is 2.42. The molecule has 0 aliphatic carbocycles. The maximum atomic E-state index is 11.7. The van der Waals surface area contributed by atoms with Gasteiger partial charge in [-0.1, -0.05) is 77.6 Å². The molecule has 0 spiro atoms. The van der Waals surface area contributed by atoms with E-state index in [9.17, 15) is 5.11 Å². The number of hydrogen-bond acceptors (Lipinski definition) is 2. The highest BCUT2D eigenvalue weighted by Gasteiger charge is 2.04. The van der Waals surface area contributed by atoms with Crippen LogP contribution in [-0.2, 0) is 4.52 Å². The van der Waals surface area contributed by atoms with E-state index in [4.69, 9.17) is 4.52 Å². The third-order valence-corrected chi connectivity index (χ3v) is 4.75. The van der Waals surface area contributed by atoms with E-state index < -0.39 is 0 Å². The predicted molar refractivity (Wildman–Crippen MR) is 102 cm³/mol. The van der Waals surface area contributed by atoms with E-state index in [2.05, 4.69) is 28.1 Å². The molecule has 0 aromatic carbocycles. The minimum atomic E-state index is 0.238. The van der Waals surface area contributed by atoms with Gasteiger partial charge in [-0.25, -0.2) is 0 Å². The first-order valence-electron chi connectivity index (χ1n) is 9.62. The summed E-state index contributed by atoms with van der Waals surface area (Å²) in [6.07, 6.45) is 15.2. The van der Waals surface area contributed by atoms with E-state index in [1.807, 2.05) is 0 Å². The minimum absolute atomic E-state index is 0.238. The molecule has 0 unspecified atom stereocenters. The van der Waals surface area contributed by atoms with Gasteiger partial charge in [0.15, 0.2) is 0 Å². The standard InChI is InChI=1S/C19H40NO2P/c1-5-6-7-8-9-10-11-12-13-14-15-16-19(21)23-22-18-17-20(2,3)4/h5-18H2,1-4H3. The lowest BCUT2D eigenvalue weighted by Gasteiger charge is -2.23. The van der Waals surface area contributed by atoms with Crippen LogP contribution in [0.3, 0.4) is 0 Å². The third kappa shape index (κ3) is 20.0. The second-order valence-electron chi connectivity index (χ2n) is 7.62. The molecule has 3 nitrogen and oxygen atoms in total. The minimum Gasteiger partial charge on any atom is -0.826 e. The number of unbranched alkanes of at least 4 members (excludes halogenated alkanes) is 10. The van der Waals surface area contributed by atoms with Gasteiger partial charge in [0.2, 0.25) is 0 Å². The Bertz CT molecular complexity index is 288. The molecular weight excluding hydrogens is 305 g/mol. The maximum absolute atomic E-state index is 11.7. The van der Waals surface area contributed by atoms with Crippen molar-refractivity contribution in [1.82, 2.24) is 0 Å². The van der Waals surface area contributed by atoms with E-state index in [0.717, 1.165) is 17.4 Å². The van der Waals surface area contributed by atoms with Gasteiger partial charge in [-0.05, 0) is 6.42 Å². The molecule has 0 aromatic rings. The first-order valence-corrected chi connectivity index (χ1v) is 10.4. The molecule has 138 valence electrons. The Hall–Kier alpha value is 0.0500. The van der Waals surface area contributed by atoms with Gasteiger partial charge in [-0.2, -0.15) is 0 Å². The number of quaternary nitrogens is 1. The second kappa shape index (κ2) is 15.6. The summed E-state index contributed by atoms with van der Waals surface area (Å²) in [5.41, 5.74) is 0.238. The zero-order valence-electron chi connectivity index (χ0n) is 16.1. The largest absolute Gasteiger partial charge is 0.826 e. The van der Waals surface area contributed by atoms with Gasteiger partial charge in [0.05, 0.1) is 21.1 Å². The highest BCUT2D eigenvalue weighted by Crippen LogP contribution is 2.12. The molecule has 23 heavy (non-hydrogen) atoms. The molecule has 0 saturated carbocycles. The summed E-state index contributed by atoms with van der Waals surface area (Å²) in [7, 11) is 6.95. The Balaban J connectivity index is 3.30. The van der Waals surface area contributed by atoms with Gasteiger partial charge in [0.1, 0.15) is 13.2 Å². The molecule has 0 saturated heterocycles. The van der Waals surface area contributed by atoms with E-state index >= 15 is 0 Å². The van der Waals surface area contributed by atoms with E-state index in [1.54, 1.807) is 0 Å². The molecule has 0 N–H and O–H groups in total. The fourth-order valence-corrected chi connectivity index (χ4v) is 2.98. The monoisotopic (exact) mass is 345 g/mol. The van der Waals surface area contributed by atoms with Crippen molar-refractivity contribution in [2.45, 2.75) is 84.0 Å². The van der Waals surface area contributed by atoms with Crippen LogP contribution in [0.2, 0.25) is 0 Å². The predicted octanol–water partition coefficient (Wildman–Crippen LogP) is 4.76. The fraction of sp³-hybridized carbons (Fsp3) is 0.947. The summed E-state index contributed by atoms with van der Waals surface area (Å²) >= 11 is 0. The van der Waals surface area contributed by atoms with E-state index in [0.29, 0.717) is 21.5 Å². The number of rotatable bonds is 16. The van der Waals surface area contributed by atoms with E-state index in [1.165, 1.54) is 64.2 Å². The van der Waals surface area contributed by atoms with Crippen LogP contribution < -0.4 is 5.11 Å². The summed E-state index contributed by atoms with van der Waals surface area (Å²) < 4.78 is 6.31. The summed E-state index contributed by atoms with van der Waals surface area (Å²) in [6.45, 7) is 3.87. The molecular formula is C19H40NO2P. The highest BCUT2D eigenvalue weighted by molar-refractivity contribution is 7.34. The second-order valence-corrected chi connectivity index (χ2v) is 8.56. The number of likely N-dealkylation sites (N-methyl/N-ethyl adjacent to an activating group) is 1. The normalized spacial score (nSPS) is 12.8. The van der Waals surface area contributed by atoms with Crippen molar-refractivity contribution in [3.05, 3.63) is 0 Å². The smallest absolute Gasteiger partial charge is 0.106 e. The lowest BCUT2D eigenvalue weighted by molar-refractivity contribution is -0.870. The Labute approximate surface area is 146 Å². The molecule has 0 rings (SSSR count). The van der Waals surface area contributed by atoms with Crippen molar-refractivity contribution in [2.75, 3.05) is 34.3 Å². The van der Waals surface area contributed by atoms with Crippen LogP contribution in [-0.4, -0.2) is 44.3 Å². The summed E-state index contributed by atoms with van der Waals surface area (Å²) in [5, 5.41) is 11.7. The Morgan fingerprint density at radius 1 is 0.826 bits per heavy atom. The SMILES string of the molecule is CCCCCCCCCCCCCC([O-])=POCC[N+](C)(C)C. The van der Waals surface area contributed by atoms with Crippen molar-refractivity contribution in [3.63, 3.8) is 0 Å². The van der Waals surface area contributed by atoms with Crippen LogP contribution in [0.5, 0.6) is 0 Å². The molecule has 0 atom stereocenters. The van der Waals surface area contributed by atoms with Crippen molar-refractivity contribution in [3.8, 4) is 0 Å². The van der Waals surface area contributed by atoms with Gasteiger partial charge < -0.3 is 14.1 Å². The van der Waals surface area contributed by atoms with Gasteiger partial charge in [-0.3, -0.25) is 0 Å². The molecule has 0 bridgehead atoms. The van der Waals surface area contributed by atoms with Crippen molar-refractivity contribution in [2.24, 2.45) is 0 Å². The number of nitrogens with zero attached hydrogens (tertiary/aromatic N) is 1. The summed E-state index contributed by atoms with van der Waals surface area (Å²) in [5.74, 6) is 0. The molecule has 0 heterocycles. The Morgan fingerprint density at radius 2 is 1.30 bits per heavy atom. The van der Waals surface area contributed by atoms with Gasteiger partial charge in [0, 0.05) is 8.43 Å². The molecule has 0 fully saturated rings. The Kier molecular flexibility index (Phi) is 15.6. The van der Waals surface area contributed by atoms with Gasteiger partial charge in [-0.15, -0.1) is 5.48 Å². The molecule has 0 amide bonds. The van der Waals surface area contributed by atoms with Gasteiger partial charge in [0.25, 0.3) is 0 Å². The first kappa shape index (κ1) is 23.1. The molecule has 0 aliphatic heterocycles. The van der Waals surface area contributed by atoms with Crippen molar-refractivity contribution < 1.29 is 14.1 Å². The quantitative estimate of drug-likeness (QED) is 0.229. The topological polar surface area (TPSA) is 32.3 Å². The summed E-state index contributed by atoms with van der Waals surface area (Å²) in [6, 6.07) is 0. The van der Waals surface area contributed by atoms with Crippen LogP contribution >= 0.6 is 8.43 Å². The Morgan fingerprint density at radius 3 is 1.78 bits per heavy atom. The zero-order valence-corrected chi connectivity index (χ0v) is 17.0. The average molecular weight is 346 g/mol. The van der Waals surface area contributed by atoms with Crippen molar-refractivity contribution in [1.29, 1.82) is 0 Å². The molecule has 0 aromatic heterocycles. The summed E-state index contributed by atoms with van der Waals surface area (Å²) in [4.78, 5) is 0. The third-order valence-electron chi connectivity index (χ3n) is 4.01. The van der Waals surface area contributed by atoms with E-state index in [-0.39, 0.29) is 5.48 Å². The van der Waals surface area contributed by atoms with Crippen molar-refractivity contribution >= 4 is 13.9 Å². The first-order chi connectivity index (χ1) is 11.0. The maximum Gasteiger partial charge on any atom is 0.106 e.